The van der Waals surface area contributed by atoms with Gasteiger partial charge in [0, 0.05) is 6.54 Å². The van der Waals surface area contributed by atoms with Gasteiger partial charge in [-0.05, 0) is 36.8 Å². The van der Waals surface area contributed by atoms with E-state index < -0.39 is 0 Å². The molecule has 1 heterocycles. The molecule has 0 spiro atoms. The molecule has 0 saturated heterocycles. The first-order chi connectivity index (χ1) is 10.2. The van der Waals surface area contributed by atoms with Crippen LogP contribution < -0.4 is 4.74 Å². The molecule has 0 aliphatic heterocycles. The number of aromatic nitrogens is 2. The first-order valence-corrected chi connectivity index (χ1v) is 8.34. The zero-order valence-corrected chi connectivity index (χ0v) is 13.6. The number of halogens is 1. The summed E-state index contributed by atoms with van der Waals surface area (Å²) in [6, 6.07) is 6.12. The third kappa shape index (κ3) is 2.52. The van der Waals surface area contributed by atoms with E-state index in [9.17, 15) is 0 Å². The van der Waals surface area contributed by atoms with Gasteiger partial charge < -0.3 is 9.30 Å². The van der Waals surface area contributed by atoms with Crippen LogP contribution in [0.5, 0.6) is 5.75 Å². The number of methoxy groups -OCH3 is 1. The molecule has 0 atom stereocenters. The monoisotopic (exact) mass is 306 g/mol. The van der Waals surface area contributed by atoms with E-state index in [-0.39, 0.29) is 0 Å². The molecule has 1 aliphatic carbocycles. The lowest BCUT2D eigenvalue weighted by Crippen LogP contribution is -2.23. The fourth-order valence-electron chi connectivity index (χ4n) is 3.70. The van der Waals surface area contributed by atoms with E-state index in [2.05, 4.69) is 17.6 Å². The summed E-state index contributed by atoms with van der Waals surface area (Å²) in [4.78, 5) is 4.72. The first-order valence-electron chi connectivity index (χ1n) is 7.81. The van der Waals surface area contributed by atoms with Crippen molar-refractivity contribution in [2.24, 2.45) is 5.41 Å². The van der Waals surface area contributed by atoms with Crippen molar-refractivity contribution >= 4 is 22.6 Å². The van der Waals surface area contributed by atoms with Gasteiger partial charge in [0.25, 0.3) is 0 Å². The zero-order valence-electron chi connectivity index (χ0n) is 12.9. The second-order valence-corrected chi connectivity index (χ2v) is 6.40. The maximum Gasteiger partial charge on any atom is 0.146 e. The van der Waals surface area contributed by atoms with Crippen molar-refractivity contribution in [2.45, 2.75) is 51.5 Å². The third-order valence-corrected chi connectivity index (χ3v) is 5.31. The summed E-state index contributed by atoms with van der Waals surface area (Å²) in [6.07, 6.45) is 6.54. The predicted molar refractivity (Wildman–Crippen MR) is 87.0 cm³/mol. The molecule has 1 aliphatic rings. The Morgan fingerprint density at radius 3 is 2.71 bits per heavy atom. The highest BCUT2D eigenvalue weighted by molar-refractivity contribution is 6.16. The molecule has 1 aromatic heterocycles. The number of nitrogens with zero attached hydrogens (tertiary/aromatic N) is 2. The lowest BCUT2D eigenvalue weighted by molar-refractivity contribution is 0.238. The molecular formula is C17H23ClN2O. The second-order valence-electron chi connectivity index (χ2n) is 6.14. The van der Waals surface area contributed by atoms with Crippen LogP contribution in [0.1, 0.15) is 44.9 Å². The minimum Gasteiger partial charge on any atom is -0.494 e. The van der Waals surface area contributed by atoms with Crippen molar-refractivity contribution in [1.29, 1.82) is 0 Å². The van der Waals surface area contributed by atoms with Crippen LogP contribution in [-0.2, 0) is 12.4 Å². The van der Waals surface area contributed by atoms with E-state index in [1.165, 1.54) is 32.1 Å². The van der Waals surface area contributed by atoms with Gasteiger partial charge in [0.05, 0.1) is 18.5 Å². The standard InChI is InChI=1S/C17H23ClN2O/c1-3-17(9-4-5-10-17)12-20-13-7-6-8-14(21-2)16(13)19-15(20)11-18/h6-8H,3-5,9-12H2,1-2H3. The van der Waals surface area contributed by atoms with Crippen LogP contribution in [0.15, 0.2) is 18.2 Å². The average molecular weight is 307 g/mol. The Morgan fingerprint density at radius 2 is 2.10 bits per heavy atom. The Bertz CT molecular complexity index is 629. The van der Waals surface area contributed by atoms with E-state index in [4.69, 9.17) is 21.3 Å². The molecule has 21 heavy (non-hydrogen) atoms. The number of alkyl halides is 1. The summed E-state index contributed by atoms with van der Waals surface area (Å²) < 4.78 is 7.76. The second kappa shape index (κ2) is 5.88. The molecule has 114 valence electrons. The fourth-order valence-corrected chi connectivity index (χ4v) is 3.90. The van der Waals surface area contributed by atoms with E-state index in [0.29, 0.717) is 11.3 Å². The van der Waals surface area contributed by atoms with Crippen LogP contribution in [-0.4, -0.2) is 16.7 Å². The zero-order chi connectivity index (χ0) is 14.9. The quantitative estimate of drug-likeness (QED) is 0.745. The summed E-state index contributed by atoms with van der Waals surface area (Å²) in [5.41, 5.74) is 2.49. The van der Waals surface area contributed by atoms with E-state index in [1.807, 2.05) is 12.1 Å². The number of hydrogen-bond donors (Lipinski definition) is 0. The van der Waals surface area contributed by atoms with Gasteiger partial charge in [0.2, 0.25) is 0 Å². The molecule has 4 heteroatoms. The first kappa shape index (κ1) is 14.7. The number of imidazole rings is 1. The van der Waals surface area contributed by atoms with E-state index in [0.717, 1.165) is 29.2 Å². The Balaban J connectivity index is 2.08. The van der Waals surface area contributed by atoms with Crippen molar-refractivity contribution in [1.82, 2.24) is 9.55 Å². The molecule has 0 bridgehead atoms. The lowest BCUT2D eigenvalue weighted by atomic mass is 9.83. The van der Waals surface area contributed by atoms with Crippen molar-refractivity contribution < 1.29 is 4.74 Å². The van der Waals surface area contributed by atoms with Gasteiger partial charge in [-0.25, -0.2) is 4.98 Å². The molecular weight excluding hydrogens is 284 g/mol. The normalized spacial score (nSPS) is 17.5. The summed E-state index contributed by atoms with van der Waals surface area (Å²) in [5, 5.41) is 0. The fraction of sp³-hybridized carbons (Fsp3) is 0.588. The van der Waals surface area contributed by atoms with Gasteiger partial charge in [0.1, 0.15) is 17.1 Å². The van der Waals surface area contributed by atoms with Crippen molar-refractivity contribution in [3.63, 3.8) is 0 Å². The maximum absolute atomic E-state index is 6.15. The SMILES string of the molecule is CCC1(Cn2c(CCl)nc3c(OC)cccc32)CCCC1. The Kier molecular flexibility index (Phi) is 4.12. The van der Waals surface area contributed by atoms with Crippen molar-refractivity contribution in [3.05, 3.63) is 24.0 Å². The number of para-hydroxylation sites is 1. The highest BCUT2D eigenvalue weighted by atomic mass is 35.5. The smallest absolute Gasteiger partial charge is 0.146 e. The molecule has 1 saturated carbocycles. The summed E-state index contributed by atoms with van der Waals surface area (Å²) in [6.45, 7) is 3.33. The van der Waals surface area contributed by atoms with Gasteiger partial charge in [-0.3, -0.25) is 0 Å². The third-order valence-electron chi connectivity index (χ3n) is 5.07. The van der Waals surface area contributed by atoms with Gasteiger partial charge in [0.15, 0.2) is 0 Å². The molecule has 0 N–H and O–H groups in total. The lowest BCUT2D eigenvalue weighted by Gasteiger charge is -2.29. The van der Waals surface area contributed by atoms with Crippen LogP contribution in [0.2, 0.25) is 0 Å². The van der Waals surface area contributed by atoms with E-state index >= 15 is 0 Å². The number of benzene rings is 1. The molecule has 2 aromatic rings. The molecule has 0 amide bonds. The molecule has 1 fully saturated rings. The Hall–Kier alpha value is -1.22. The molecule has 0 unspecified atom stereocenters. The minimum atomic E-state index is 0.414. The molecule has 1 aromatic carbocycles. The summed E-state index contributed by atoms with van der Waals surface area (Å²) in [7, 11) is 1.69. The minimum absolute atomic E-state index is 0.414. The maximum atomic E-state index is 6.15. The number of hydrogen-bond acceptors (Lipinski definition) is 2. The predicted octanol–water partition coefficient (Wildman–Crippen LogP) is 4.75. The van der Waals surface area contributed by atoms with Crippen LogP contribution >= 0.6 is 11.6 Å². The van der Waals surface area contributed by atoms with Gasteiger partial charge in [-0.15, -0.1) is 11.6 Å². The Morgan fingerprint density at radius 1 is 1.33 bits per heavy atom. The molecule has 3 nitrogen and oxygen atoms in total. The van der Waals surface area contributed by atoms with Crippen LogP contribution in [0, 0.1) is 5.41 Å². The largest absolute Gasteiger partial charge is 0.494 e. The summed E-state index contributed by atoms with van der Waals surface area (Å²) >= 11 is 6.15. The number of ether oxygens (including phenoxy) is 1. The average Bonchev–Trinajstić information content (AvgIpc) is 3.13. The molecule has 0 radical (unpaired) electrons. The Labute approximate surface area is 131 Å². The highest BCUT2D eigenvalue weighted by Crippen LogP contribution is 2.43. The van der Waals surface area contributed by atoms with Gasteiger partial charge in [-0.1, -0.05) is 25.8 Å². The van der Waals surface area contributed by atoms with Crippen molar-refractivity contribution in [2.75, 3.05) is 7.11 Å². The summed E-state index contributed by atoms with van der Waals surface area (Å²) in [5.74, 6) is 2.22. The van der Waals surface area contributed by atoms with Crippen LogP contribution in [0.3, 0.4) is 0 Å². The van der Waals surface area contributed by atoms with E-state index in [1.54, 1.807) is 7.11 Å². The number of rotatable bonds is 5. The van der Waals surface area contributed by atoms with Crippen LogP contribution in [0.4, 0.5) is 0 Å². The number of fused-ring (bicyclic) bond motifs is 1. The highest BCUT2D eigenvalue weighted by Gasteiger charge is 2.33. The topological polar surface area (TPSA) is 27.1 Å². The van der Waals surface area contributed by atoms with Crippen LogP contribution in [0.25, 0.3) is 11.0 Å². The van der Waals surface area contributed by atoms with Crippen molar-refractivity contribution in [3.8, 4) is 5.75 Å². The van der Waals surface area contributed by atoms with Gasteiger partial charge in [-0.2, -0.15) is 0 Å². The molecule has 3 rings (SSSR count). The van der Waals surface area contributed by atoms with Gasteiger partial charge >= 0.3 is 0 Å².